The van der Waals surface area contributed by atoms with Crippen LogP contribution in [0.15, 0.2) is 12.4 Å². The van der Waals surface area contributed by atoms with Gasteiger partial charge in [-0.2, -0.15) is 0 Å². The molecule has 5 heteroatoms. The van der Waals surface area contributed by atoms with Crippen LogP contribution in [-0.4, -0.2) is 22.4 Å². The third-order valence-electron chi connectivity index (χ3n) is 3.95. The molecular formula is C14H20ClN3O. The first-order chi connectivity index (χ1) is 9.19. The van der Waals surface area contributed by atoms with Gasteiger partial charge in [-0.3, -0.25) is 4.79 Å². The maximum Gasteiger partial charge on any atom is 0.271 e. The van der Waals surface area contributed by atoms with E-state index in [-0.39, 0.29) is 5.91 Å². The second-order valence-corrected chi connectivity index (χ2v) is 5.62. The highest BCUT2D eigenvalue weighted by atomic mass is 35.5. The van der Waals surface area contributed by atoms with Crippen molar-refractivity contribution in [1.82, 2.24) is 15.3 Å². The molecule has 1 aliphatic rings. The van der Waals surface area contributed by atoms with Gasteiger partial charge in [0.15, 0.2) is 0 Å². The van der Waals surface area contributed by atoms with E-state index in [0.29, 0.717) is 16.8 Å². The van der Waals surface area contributed by atoms with E-state index in [4.69, 9.17) is 11.6 Å². The molecule has 1 aromatic rings. The van der Waals surface area contributed by atoms with Crippen LogP contribution in [0.3, 0.4) is 0 Å². The van der Waals surface area contributed by atoms with Gasteiger partial charge in [-0.05, 0) is 24.7 Å². The number of rotatable bonds is 4. The molecule has 0 atom stereocenters. The molecule has 0 unspecified atom stereocenters. The molecule has 0 aliphatic heterocycles. The lowest BCUT2D eigenvalue weighted by atomic mass is 9.81. The van der Waals surface area contributed by atoms with Crippen molar-refractivity contribution < 1.29 is 4.79 Å². The molecule has 19 heavy (non-hydrogen) atoms. The number of hydrogen-bond donors (Lipinski definition) is 1. The molecule has 1 aromatic heterocycles. The topological polar surface area (TPSA) is 54.9 Å². The zero-order valence-corrected chi connectivity index (χ0v) is 12.0. The number of aromatic nitrogens is 2. The van der Waals surface area contributed by atoms with E-state index in [9.17, 15) is 4.79 Å². The summed E-state index contributed by atoms with van der Waals surface area (Å²) in [5, 5.41) is 3.24. The Bertz CT molecular complexity index is 413. The first-order valence-corrected chi connectivity index (χ1v) is 7.32. The Balaban J connectivity index is 1.76. The highest BCUT2D eigenvalue weighted by molar-refractivity contribution is 6.29. The van der Waals surface area contributed by atoms with Gasteiger partial charge in [0.1, 0.15) is 10.8 Å². The number of carbonyl (C=O) groups is 1. The highest BCUT2D eigenvalue weighted by Gasteiger charge is 2.20. The summed E-state index contributed by atoms with van der Waals surface area (Å²) >= 11 is 5.64. The average Bonchev–Trinajstić information content (AvgIpc) is 2.46. The first-order valence-electron chi connectivity index (χ1n) is 6.94. The fourth-order valence-corrected chi connectivity index (χ4v) is 2.70. The molecule has 0 aromatic carbocycles. The minimum absolute atomic E-state index is 0.165. The van der Waals surface area contributed by atoms with Gasteiger partial charge < -0.3 is 5.32 Å². The lowest BCUT2D eigenvalue weighted by Crippen LogP contribution is -2.31. The summed E-state index contributed by atoms with van der Waals surface area (Å²) in [6, 6.07) is 0. The Hall–Kier alpha value is -1.16. The zero-order chi connectivity index (χ0) is 13.7. The second kappa shape index (κ2) is 6.85. The van der Waals surface area contributed by atoms with Crippen LogP contribution in [0.4, 0.5) is 0 Å². The van der Waals surface area contributed by atoms with Gasteiger partial charge in [-0.15, -0.1) is 0 Å². The van der Waals surface area contributed by atoms with Crippen LogP contribution in [0, 0.1) is 11.8 Å². The predicted octanol–water partition coefficient (Wildman–Crippen LogP) is 3.08. The van der Waals surface area contributed by atoms with Gasteiger partial charge >= 0.3 is 0 Å². The Morgan fingerprint density at radius 3 is 2.53 bits per heavy atom. The predicted molar refractivity (Wildman–Crippen MR) is 75.1 cm³/mol. The monoisotopic (exact) mass is 281 g/mol. The van der Waals surface area contributed by atoms with Crippen LogP contribution >= 0.6 is 11.6 Å². The fraction of sp³-hybridized carbons (Fsp3) is 0.643. The van der Waals surface area contributed by atoms with E-state index in [1.807, 2.05) is 0 Å². The minimum atomic E-state index is -0.165. The number of halogens is 1. The van der Waals surface area contributed by atoms with Crippen LogP contribution in [0.1, 0.15) is 49.5 Å². The summed E-state index contributed by atoms with van der Waals surface area (Å²) in [7, 11) is 0. The van der Waals surface area contributed by atoms with Crippen molar-refractivity contribution in [2.24, 2.45) is 11.8 Å². The second-order valence-electron chi connectivity index (χ2n) is 5.23. The van der Waals surface area contributed by atoms with Crippen LogP contribution in [0.25, 0.3) is 0 Å². The van der Waals surface area contributed by atoms with Crippen molar-refractivity contribution in [3.05, 3.63) is 23.2 Å². The standard InChI is InChI=1S/C14H20ClN3O/c1-2-10-3-5-11(6-4-10)7-18-14(19)12-8-17-13(15)9-16-12/h8-11H,2-7H2,1H3,(H,18,19). The number of nitrogens with one attached hydrogen (secondary N) is 1. The lowest BCUT2D eigenvalue weighted by Gasteiger charge is -2.27. The van der Waals surface area contributed by atoms with Crippen LogP contribution in [0.2, 0.25) is 5.15 Å². The molecule has 1 saturated carbocycles. The molecule has 2 rings (SSSR count). The van der Waals surface area contributed by atoms with Crippen molar-refractivity contribution in [2.75, 3.05) is 6.54 Å². The Kier molecular flexibility index (Phi) is 5.14. The Morgan fingerprint density at radius 1 is 1.26 bits per heavy atom. The molecule has 0 saturated heterocycles. The van der Waals surface area contributed by atoms with Crippen molar-refractivity contribution in [3.63, 3.8) is 0 Å². The maximum atomic E-state index is 11.9. The summed E-state index contributed by atoms with van der Waals surface area (Å²) in [6.45, 7) is 2.99. The van der Waals surface area contributed by atoms with Gasteiger partial charge in [0.25, 0.3) is 5.91 Å². The molecule has 1 heterocycles. The quantitative estimate of drug-likeness (QED) is 0.923. The molecule has 4 nitrogen and oxygen atoms in total. The summed E-state index contributed by atoms with van der Waals surface area (Å²) < 4.78 is 0. The largest absolute Gasteiger partial charge is 0.350 e. The zero-order valence-electron chi connectivity index (χ0n) is 11.2. The van der Waals surface area contributed by atoms with E-state index < -0.39 is 0 Å². The fourth-order valence-electron chi connectivity index (χ4n) is 2.60. The van der Waals surface area contributed by atoms with E-state index >= 15 is 0 Å². The molecule has 104 valence electrons. The third-order valence-corrected chi connectivity index (χ3v) is 4.14. The Labute approximate surface area is 119 Å². The van der Waals surface area contributed by atoms with Crippen molar-refractivity contribution in [1.29, 1.82) is 0 Å². The molecule has 1 aliphatic carbocycles. The van der Waals surface area contributed by atoms with Gasteiger partial charge in [0, 0.05) is 6.54 Å². The average molecular weight is 282 g/mol. The third kappa shape index (κ3) is 4.16. The van der Waals surface area contributed by atoms with E-state index in [1.54, 1.807) is 0 Å². The van der Waals surface area contributed by atoms with Crippen molar-refractivity contribution in [3.8, 4) is 0 Å². The minimum Gasteiger partial charge on any atom is -0.350 e. The molecular weight excluding hydrogens is 262 g/mol. The maximum absolute atomic E-state index is 11.9. The number of amides is 1. The Morgan fingerprint density at radius 2 is 1.95 bits per heavy atom. The highest BCUT2D eigenvalue weighted by Crippen LogP contribution is 2.30. The van der Waals surface area contributed by atoms with E-state index in [2.05, 4.69) is 22.2 Å². The summed E-state index contributed by atoms with van der Waals surface area (Å²) in [6.07, 6.45) is 9.08. The molecule has 1 amide bonds. The van der Waals surface area contributed by atoms with Gasteiger partial charge in [0.05, 0.1) is 12.4 Å². The van der Waals surface area contributed by atoms with Gasteiger partial charge in [-0.25, -0.2) is 9.97 Å². The number of hydrogen-bond acceptors (Lipinski definition) is 3. The normalized spacial score (nSPS) is 23.1. The summed E-state index contributed by atoms with van der Waals surface area (Å²) in [4.78, 5) is 19.7. The summed E-state index contributed by atoms with van der Waals surface area (Å²) in [5.74, 6) is 1.32. The van der Waals surface area contributed by atoms with E-state index in [1.165, 1.54) is 44.5 Å². The van der Waals surface area contributed by atoms with Crippen LogP contribution < -0.4 is 5.32 Å². The number of nitrogens with zero attached hydrogens (tertiary/aromatic N) is 2. The molecule has 0 spiro atoms. The molecule has 0 radical (unpaired) electrons. The smallest absolute Gasteiger partial charge is 0.271 e. The molecule has 1 N–H and O–H groups in total. The molecule has 0 bridgehead atoms. The van der Waals surface area contributed by atoms with Gasteiger partial charge in [0.2, 0.25) is 0 Å². The first kappa shape index (κ1) is 14.3. The van der Waals surface area contributed by atoms with Crippen LogP contribution in [-0.2, 0) is 0 Å². The number of carbonyl (C=O) groups excluding carboxylic acids is 1. The lowest BCUT2D eigenvalue weighted by molar-refractivity contribution is 0.0936. The van der Waals surface area contributed by atoms with Crippen molar-refractivity contribution >= 4 is 17.5 Å². The van der Waals surface area contributed by atoms with Crippen molar-refractivity contribution in [2.45, 2.75) is 39.0 Å². The van der Waals surface area contributed by atoms with Gasteiger partial charge in [-0.1, -0.05) is 37.8 Å². The SMILES string of the molecule is CCC1CCC(CNC(=O)c2cnc(Cl)cn2)CC1. The van der Waals surface area contributed by atoms with Crippen LogP contribution in [0.5, 0.6) is 0 Å². The summed E-state index contributed by atoms with van der Waals surface area (Å²) in [5.41, 5.74) is 0.326. The molecule has 1 fully saturated rings. The van der Waals surface area contributed by atoms with E-state index in [0.717, 1.165) is 12.5 Å².